The van der Waals surface area contributed by atoms with Gasteiger partial charge < -0.3 is 5.32 Å². The van der Waals surface area contributed by atoms with E-state index in [0.717, 1.165) is 6.42 Å². The summed E-state index contributed by atoms with van der Waals surface area (Å²) in [4.78, 5) is 12.1. The minimum Gasteiger partial charge on any atom is -0.349 e. The molecule has 8 heteroatoms. The van der Waals surface area contributed by atoms with Crippen LogP contribution in [0.4, 0.5) is 0 Å². The fraction of sp³-hybridized carbons (Fsp3) is 0.462. The van der Waals surface area contributed by atoms with E-state index in [9.17, 15) is 13.2 Å². The van der Waals surface area contributed by atoms with Gasteiger partial charge in [-0.1, -0.05) is 32.4 Å². The second kappa shape index (κ2) is 7.31. The highest BCUT2D eigenvalue weighted by atomic mass is 79.9. The molecule has 4 nitrogen and oxygen atoms in total. The molecule has 0 aliphatic rings. The van der Waals surface area contributed by atoms with Crippen LogP contribution in [-0.2, 0) is 9.05 Å². The lowest BCUT2D eigenvalue weighted by atomic mass is 10.0. The molecule has 1 amide bonds. The van der Waals surface area contributed by atoms with Crippen LogP contribution in [0.5, 0.6) is 0 Å². The smallest absolute Gasteiger partial charge is 0.262 e. The summed E-state index contributed by atoms with van der Waals surface area (Å²) in [5.74, 6) is -0.168. The summed E-state index contributed by atoms with van der Waals surface area (Å²) in [5, 5.41) is 3.00. The highest BCUT2D eigenvalue weighted by Gasteiger charge is 2.22. The lowest BCUT2D eigenvalue weighted by molar-refractivity contribution is 0.0924. The van der Waals surface area contributed by atoms with Gasteiger partial charge in [0.25, 0.3) is 15.0 Å². The number of benzene rings is 1. The highest BCUT2D eigenvalue weighted by Crippen LogP contribution is 2.31. The zero-order chi connectivity index (χ0) is 16.4. The molecular weight excluding hydrogens is 401 g/mol. The van der Waals surface area contributed by atoms with E-state index >= 15 is 0 Å². The first-order valence-corrected chi connectivity index (χ1v) is 9.80. The molecule has 0 saturated carbocycles. The first kappa shape index (κ1) is 18.7. The summed E-state index contributed by atoms with van der Waals surface area (Å²) in [6, 6.07) is 2.51. The Balaban J connectivity index is 3.22. The fourth-order valence-electron chi connectivity index (χ4n) is 1.88. The third-order valence-electron chi connectivity index (χ3n) is 3.09. The van der Waals surface area contributed by atoms with E-state index in [4.69, 9.17) is 22.3 Å². The second-order valence-electron chi connectivity index (χ2n) is 4.93. The van der Waals surface area contributed by atoms with E-state index in [2.05, 4.69) is 21.2 Å². The molecule has 0 spiro atoms. The molecule has 0 fully saturated rings. The standard InChI is InChI=1S/C13H16BrCl2NO3S/c1-4-11(7(2)3)17-13(18)8-5-12(21(16,19)20)9(14)6-10(8)15/h5-7,11H,4H2,1-3H3,(H,17,18). The van der Waals surface area contributed by atoms with Crippen LogP contribution in [-0.4, -0.2) is 20.4 Å². The third kappa shape index (κ3) is 4.84. The minimum atomic E-state index is -3.97. The summed E-state index contributed by atoms with van der Waals surface area (Å²) in [5.41, 5.74) is 0.0817. The van der Waals surface area contributed by atoms with Gasteiger partial charge in [-0.15, -0.1) is 0 Å². The van der Waals surface area contributed by atoms with Gasteiger partial charge in [-0.3, -0.25) is 4.79 Å². The molecule has 1 atom stereocenters. The fourth-order valence-corrected chi connectivity index (χ4v) is 4.45. The number of hydrogen-bond donors (Lipinski definition) is 1. The largest absolute Gasteiger partial charge is 0.349 e. The van der Waals surface area contributed by atoms with E-state index in [1.165, 1.54) is 12.1 Å². The van der Waals surface area contributed by atoms with Crippen LogP contribution < -0.4 is 5.32 Å². The average molecular weight is 417 g/mol. The van der Waals surface area contributed by atoms with Crippen molar-refractivity contribution in [2.24, 2.45) is 5.92 Å². The van der Waals surface area contributed by atoms with Crippen molar-refractivity contribution in [1.29, 1.82) is 0 Å². The molecule has 0 aromatic heterocycles. The summed E-state index contributed by atoms with van der Waals surface area (Å²) in [7, 11) is 1.37. The molecule has 1 N–H and O–H groups in total. The van der Waals surface area contributed by atoms with Crippen LogP contribution in [0.25, 0.3) is 0 Å². The Labute approximate surface area is 142 Å². The van der Waals surface area contributed by atoms with Crippen molar-refractivity contribution in [3.8, 4) is 0 Å². The van der Waals surface area contributed by atoms with Crippen molar-refractivity contribution in [2.75, 3.05) is 0 Å². The number of nitrogens with one attached hydrogen (secondary N) is 1. The van der Waals surface area contributed by atoms with Gasteiger partial charge in [-0.25, -0.2) is 8.42 Å². The quantitative estimate of drug-likeness (QED) is 0.731. The Morgan fingerprint density at radius 1 is 1.38 bits per heavy atom. The molecule has 118 valence electrons. The molecule has 1 rings (SSSR count). The van der Waals surface area contributed by atoms with E-state index < -0.39 is 15.0 Å². The number of rotatable bonds is 5. The van der Waals surface area contributed by atoms with Gasteiger partial charge in [-0.2, -0.15) is 0 Å². The molecule has 0 bridgehead atoms. The van der Waals surface area contributed by atoms with Crippen molar-refractivity contribution in [3.63, 3.8) is 0 Å². The van der Waals surface area contributed by atoms with Crippen molar-refractivity contribution >= 4 is 53.2 Å². The Bertz CT molecular complexity index is 647. The Kier molecular flexibility index (Phi) is 6.53. The first-order valence-electron chi connectivity index (χ1n) is 6.32. The van der Waals surface area contributed by atoms with Crippen molar-refractivity contribution in [3.05, 3.63) is 27.2 Å². The van der Waals surface area contributed by atoms with E-state index in [-0.39, 0.29) is 31.9 Å². The predicted octanol–water partition coefficient (Wildman–Crippen LogP) is 4.19. The molecule has 1 aromatic carbocycles. The number of amides is 1. The van der Waals surface area contributed by atoms with Gasteiger partial charge in [0.15, 0.2) is 0 Å². The number of carbonyl (C=O) groups excluding carboxylic acids is 1. The molecule has 1 aromatic rings. The number of carbonyl (C=O) groups is 1. The van der Waals surface area contributed by atoms with Gasteiger partial charge in [0, 0.05) is 21.2 Å². The van der Waals surface area contributed by atoms with Crippen LogP contribution in [0, 0.1) is 5.92 Å². The maximum Gasteiger partial charge on any atom is 0.262 e. The van der Waals surface area contributed by atoms with Crippen molar-refractivity contribution < 1.29 is 13.2 Å². The van der Waals surface area contributed by atoms with Gasteiger partial charge in [0.1, 0.15) is 0 Å². The maximum atomic E-state index is 12.3. The Morgan fingerprint density at radius 2 is 1.95 bits per heavy atom. The lowest BCUT2D eigenvalue weighted by Crippen LogP contribution is -2.38. The number of hydrogen-bond acceptors (Lipinski definition) is 3. The Morgan fingerprint density at radius 3 is 2.38 bits per heavy atom. The SMILES string of the molecule is CCC(NC(=O)c1cc(S(=O)(=O)Cl)c(Br)cc1Cl)C(C)C. The van der Waals surface area contributed by atoms with Crippen LogP contribution in [0.15, 0.2) is 21.5 Å². The van der Waals surface area contributed by atoms with Gasteiger partial charge in [0.05, 0.1) is 15.5 Å². The highest BCUT2D eigenvalue weighted by molar-refractivity contribution is 9.10. The minimum absolute atomic E-state index is 0.0201. The molecule has 0 aliphatic carbocycles. The summed E-state index contributed by atoms with van der Waals surface area (Å²) < 4.78 is 23.2. The average Bonchev–Trinajstić information content (AvgIpc) is 2.33. The predicted molar refractivity (Wildman–Crippen MR) is 88.6 cm³/mol. The van der Waals surface area contributed by atoms with Crippen LogP contribution in [0.1, 0.15) is 37.6 Å². The molecule has 1 unspecified atom stereocenters. The normalized spacial score (nSPS) is 13.3. The molecule has 21 heavy (non-hydrogen) atoms. The zero-order valence-electron chi connectivity index (χ0n) is 11.8. The van der Waals surface area contributed by atoms with Gasteiger partial charge in [-0.05, 0) is 40.4 Å². The van der Waals surface area contributed by atoms with E-state index in [0.29, 0.717) is 0 Å². The number of halogens is 3. The summed E-state index contributed by atoms with van der Waals surface area (Å²) in [6.45, 7) is 5.95. The molecule has 0 heterocycles. The molecular formula is C13H16BrCl2NO3S. The van der Waals surface area contributed by atoms with Crippen LogP contribution >= 0.6 is 38.2 Å². The van der Waals surface area contributed by atoms with E-state index in [1.54, 1.807) is 0 Å². The monoisotopic (exact) mass is 415 g/mol. The van der Waals surface area contributed by atoms with E-state index in [1.807, 2.05) is 20.8 Å². The zero-order valence-corrected chi connectivity index (χ0v) is 15.7. The molecule has 0 radical (unpaired) electrons. The molecule has 0 saturated heterocycles. The third-order valence-corrected chi connectivity index (χ3v) is 5.68. The topological polar surface area (TPSA) is 63.2 Å². The summed E-state index contributed by atoms with van der Waals surface area (Å²) >= 11 is 9.10. The summed E-state index contributed by atoms with van der Waals surface area (Å²) in [6.07, 6.45) is 0.762. The van der Waals surface area contributed by atoms with Crippen molar-refractivity contribution in [1.82, 2.24) is 5.32 Å². The Hall–Kier alpha value is -0.300. The first-order chi connectivity index (χ1) is 9.57. The van der Waals surface area contributed by atoms with Crippen LogP contribution in [0.3, 0.4) is 0 Å². The van der Waals surface area contributed by atoms with Gasteiger partial charge in [0.2, 0.25) is 0 Å². The van der Waals surface area contributed by atoms with Crippen LogP contribution in [0.2, 0.25) is 5.02 Å². The second-order valence-corrected chi connectivity index (χ2v) is 8.73. The maximum absolute atomic E-state index is 12.3. The van der Waals surface area contributed by atoms with Gasteiger partial charge >= 0.3 is 0 Å². The molecule has 0 aliphatic heterocycles. The van der Waals surface area contributed by atoms with Crippen molar-refractivity contribution in [2.45, 2.75) is 38.1 Å². The lowest BCUT2D eigenvalue weighted by Gasteiger charge is -2.21.